The SMILES string of the molecule is C[C@@H]1CN(c2cc(Br)ccc2C#N)C[C@H](C)O1. The highest BCUT2D eigenvalue weighted by atomic mass is 79.9. The van der Waals surface area contributed by atoms with E-state index in [0.717, 1.165) is 28.8 Å². The third-order valence-corrected chi connectivity index (χ3v) is 3.33. The van der Waals surface area contributed by atoms with Crippen LogP contribution >= 0.6 is 15.9 Å². The van der Waals surface area contributed by atoms with Gasteiger partial charge in [0.2, 0.25) is 0 Å². The van der Waals surface area contributed by atoms with Crippen molar-refractivity contribution in [1.29, 1.82) is 5.26 Å². The fourth-order valence-corrected chi connectivity index (χ4v) is 2.58. The molecule has 4 heteroatoms. The number of morpholine rings is 1. The van der Waals surface area contributed by atoms with Crippen LogP contribution in [0.5, 0.6) is 0 Å². The number of hydrogen-bond acceptors (Lipinski definition) is 3. The third-order valence-electron chi connectivity index (χ3n) is 2.84. The molecule has 3 nitrogen and oxygen atoms in total. The minimum absolute atomic E-state index is 0.198. The van der Waals surface area contributed by atoms with Crippen molar-refractivity contribution in [3.63, 3.8) is 0 Å². The molecule has 0 saturated carbocycles. The highest BCUT2D eigenvalue weighted by Gasteiger charge is 2.24. The molecule has 1 saturated heterocycles. The number of hydrogen-bond donors (Lipinski definition) is 0. The van der Waals surface area contributed by atoms with Crippen LogP contribution in [-0.2, 0) is 4.74 Å². The minimum Gasteiger partial charge on any atom is -0.372 e. The van der Waals surface area contributed by atoms with Gasteiger partial charge in [-0.2, -0.15) is 5.26 Å². The number of nitriles is 1. The number of halogens is 1. The molecule has 2 atom stereocenters. The number of nitrogens with zero attached hydrogens (tertiary/aromatic N) is 2. The van der Waals surface area contributed by atoms with Crippen molar-refractivity contribution in [3.8, 4) is 6.07 Å². The van der Waals surface area contributed by atoms with E-state index in [1.165, 1.54) is 0 Å². The van der Waals surface area contributed by atoms with Crippen molar-refractivity contribution in [2.75, 3.05) is 18.0 Å². The summed E-state index contributed by atoms with van der Waals surface area (Å²) in [6, 6.07) is 8.00. The molecule has 1 aromatic rings. The Morgan fingerprint density at radius 1 is 1.35 bits per heavy atom. The van der Waals surface area contributed by atoms with Crippen molar-refractivity contribution in [3.05, 3.63) is 28.2 Å². The van der Waals surface area contributed by atoms with E-state index < -0.39 is 0 Å². The van der Waals surface area contributed by atoms with Gasteiger partial charge in [0, 0.05) is 17.6 Å². The Labute approximate surface area is 110 Å². The number of anilines is 1. The summed E-state index contributed by atoms with van der Waals surface area (Å²) in [7, 11) is 0. The fraction of sp³-hybridized carbons (Fsp3) is 0.462. The maximum Gasteiger partial charge on any atom is 0.101 e. The molecule has 0 radical (unpaired) electrons. The van der Waals surface area contributed by atoms with Crippen LogP contribution in [0, 0.1) is 11.3 Å². The molecule has 0 aliphatic carbocycles. The predicted molar refractivity (Wildman–Crippen MR) is 71.1 cm³/mol. The summed E-state index contributed by atoms with van der Waals surface area (Å²) in [6.07, 6.45) is 0.397. The van der Waals surface area contributed by atoms with Crippen LogP contribution in [0.25, 0.3) is 0 Å². The second-order valence-electron chi connectivity index (χ2n) is 4.44. The number of benzene rings is 1. The lowest BCUT2D eigenvalue weighted by molar-refractivity contribution is -0.00523. The molecule has 17 heavy (non-hydrogen) atoms. The van der Waals surface area contributed by atoms with Crippen molar-refractivity contribution >= 4 is 21.6 Å². The lowest BCUT2D eigenvalue weighted by Crippen LogP contribution is -2.45. The second kappa shape index (κ2) is 5.07. The molecule has 0 N–H and O–H groups in total. The van der Waals surface area contributed by atoms with Gasteiger partial charge in [-0.15, -0.1) is 0 Å². The zero-order valence-electron chi connectivity index (χ0n) is 9.98. The lowest BCUT2D eigenvalue weighted by Gasteiger charge is -2.37. The van der Waals surface area contributed by atoms with Gasteiger partial charge in [0.1, 0.15) is 6.07 Å². The van der Waals surface area contributed by atoms with Crippen molar-refractivity contribution in [1.82, 2.24) is 0 Å². The van der Waals surface area contributed by atoms with E-state index in [0.29, 0.717) is 0 Å². The van der Waals surface area contributed by atoms with Crippen LogP contribution < -0.4 is 4.90 Å². The maximum atomic E-state index is 9.15. The smallest absolute Gasteiger partial charge is 0.101 e. The molecule has 0 bridgehead atoms. The monoisotopic (exact) mass is 294 g/mol. The molecule has 1 fully saturated rings. The molecule has 1 aliphatic heterocycles. The first kappa shape index (κ1) is 12.4. The van der Waals surface area contributed by atoms with Crippen LogP contribution in [0.1, 0.15) is 19.4 Å². The molecule has 1 aliphatic rings. The molecular formula is C13H15BrN2O. The van der Waals surface area contributed by atoms with Gasteiger partial charge in [0.25, 0.3) is 0 Å². The minimum atomic E-state index is 0.198. The molecule has 0 aromatic heterocycles. The van der Waals surface area contributed by atoms with Gasteiger partial charge < -0.3 is 9.64 Å². The Bertz CT molecular complexity index is 445. The van der Waals surface area contributed by atoms with Gasteiger partial charge in [-0.1, -0.05) is 15.9 Å². The number of ether oxygens (including phenoxy) is 1. The molecule has 1 heterocycles. The number of rotatable bonds is 1. The first-order valence-corrected chi connectivity index (χ1v) is 6.49. The molecular weight excluding hydrogens is 280 g/mol. The largest absolute Gasteiger partial charge is 0.372 e. The summed E-state index contributed by atoms with van der Waals surface area (Å²) < 4.78 is 6.70. The van der Waals surface area contributed by atoms with Crippen molar-refractivity contribution in [2.24, 2.45) is 0 Å². The van der Waals surface area contributed by atoms with Crippen LogP contribution in [0.15, 0.2) is 22.7 Å². The standard InChI is InChI=1S/C13H15BrN2O/c1-9-7-16(8-10(2)17-9)13-5-12(14)4-3-11(13)6-15/h3-5,9-10H,7-8H2,1-2H3/t9-,10+. The normalized spacial score (nSPS) is 24.5. The molecule has 1 aromatic carbocycles. The Morgan fingerprint density at radius 3 is 2.59 bits per heavy atom. The third kappa shape index (κ3) is 2.80. The van der Waals surface area contributed by atoms with Gasteiger partial charge in [0.15, 0.2) is 0 Å². The van der Waals surface area contributed by atoms with Crippen molar-refractivity contribution < 1.29 is 4.74 Å². The zero-order chi connectivity index (χ0) is 12.4. The summed E-state index contributed by atoms with van der Waals surface area (Å²) in [6.45, 7) is 5.78. The van der Waals surface area contributed by atoms with Crippen molar-refractivity contribution in [2.45, 2.75) is 26.1 Å². The maximum absolute atomic E-state index is 9.15. The van der Waals surface area contributed by atoms with E-state index in [4.69, 9.17) is 10.00 Å². The van der Waals surface area contributed by atoms with E-state index in [1.54, 1.807) is 0 Å². The van der Waals surface area contributed by atoms with E-state index in [2.05, 4.69) is 40.7 Å². The van der Waals surface area contributed by atoms with E-state index >= 15 is 0 Å². The van der Waals surface area contributed by atoms with Gasteiger partial charge in [-0.3, -0.25) is 0 Å². The molecule has 0 unspecified atom stereocenters. The predicted octanol–water partition coefficient (Wildman–Crippen LogP) is 2.93. The van der Waals surface area contributed by atoms with E-state index in [1.807, 2.05) is 18.2 Å². The summed E-state index contributed by atoms with van der Waals surface area (Å²) >= 11 is 3.46. The summed E-state index contributed by atoms with van der Waals surface area (Å²) in [5.74, 6) is 0. The summed E-state index contributed by atoms with van der Waals surface area (Å²) in [5.41, 5.74) is 1.71. The van der Waals surface area contributed by atoms with Crippen LogP contribution in [0.2, 0.25) is 0 Å². The Hall–Kier alpha value is -1.05. The average Bonchev–Trinajstić information content (AvgIpc) is 2.27. The van der Waals surface area contributed by atoms with Gasteiger partial charge >= 0.3 is 0 Å². The van der Waals surface area contributed by atoms with E-state index in [-0.39, 0.29) is 12.2 Å². The first-order valence-electron chi connectivity index (χ1n) is 5.70. The lowest BCUT2D eigenvalue weighted by atomic mass is 10.1. The molecule has 0 spiro atoms. The van der Waals surface area contributed by atoms with Crippen LogP contribution in [-0.4, -0.2) is 25.3 Å². The van der Waals surface area contributed by atoms with Gasteiger partial charge in [-0.25, -0.2) is 0 Å². The molecule has 90 valence electrons. The Balaban J connectivity index is 2.33. The summed E-state index contributed by atoms with van der Waals surface area (Å²) in [4.78, 5) is 2.22. The summed E-state index contributed by atoms with van der Waals surface area (Å²) in [5, 5.41) is 9.15. The average molecular weight is 295 g/mol. The first-order chi connectivity index (χ1) is 8.10. The van der Waals surface area contributed by atoms with Crippen LogP contribution in [0.4, 0.5) is 5.69 Å². The van der Waals surface area contributed by atoms with E-state index in [9.17, 15) is 0 Å². The Kier molecular flexibility index (Phi) is 3.70. The second-order valence-corrected chi connectivity index (χ2v) is 5.35. The van der Waals surface area contributed by atoms with Gasteiger partial charge in [0.05, 0.1) is 23.5 Å². The highest BCUT2D eigenvalue weighted by Crippen LogP contribution is 2.27. The molecule has 0 amide bonds. The van der Waals surface area contributed by atoms with Gasteiger partial charge in [-0.05, 0) is 32.0 Å². The quantitative estimate of drug-likeness (QED) is 0.799. The zero-order valence-corrected chi connectivity index (χ0v) is 11.6. The Morgan fingerprint density at radius 2 is 2.00 bits per heavy atom. The molecule has 2 rings (SSSR count). The van der Waals surface area contributed by atoms with Crippen LogP contribution in [0.3, 0.4) is 0 Å². The highest BCUT2D eigenvalue weighted by molar-refractivity contribution is 9.10. The topological polar surface area (TPSA) is 36.3 Å². The fourth-order valence-electron chi connectivity index (χ4n) is 2.24.